The van der Waals surface area contributed by atoms with Gasteiger partial charge in [0.25, 0.3) is 0 Å². The molecule has 8 nitrogen and oxygen atoms in total. The lowest BCUT2D eigenvalue weighted by molar-refractivity contribution is 0.311. The van der Waals surface area contributed by atoms with Gasteiger partial charge in [-0.05, 0) is 25.5 Å². The van der Waals surface area contributed by atoms with Crippen LogP contribution in [0.15, 0.2) is 23.2 Å². The van der Waals surface area contributed by atoms with Crippen LogP contribution in [0.4, 0.5) is 5.69 Å². The topological polar surface area (TPSA) is 85.6 Å². The molecular weight excluding hydrogens is 320 g/mol. The van der Waals surface area contributed by atoms with Crippen molar-refractivity contribution in [3.05, 3.63) is 29.8 Å². The molecular formula is C17H24N6O2. The van der Waals surface area contributed by atoms with Gasteiger partial charge < -0.3 is 24.7 Å². The molecule has 3 rings (SSSR count). The molecule has 2 N–H and O–H groups in total. The van der Waals surface area contributed by atoms with Gasteiger partial charge in [0.2, 0.25) is 0 Å². The minimum Gasteiger partial charge on any atom is -0.493 e. The molecule has 8 heteroatoms. The van der Waals surface area contributed by atoms with Crippen molar-refractivity contribution in [3.8, 4) is 11.5 Å². The number of guanidine groups is 1. The maximum atomic E-state index is 5.61. The Hall–Kier alpha value is -2.77. The Balaban J connectivity index is 1.65. The van der Waals surface area contributed by atoms with Crippen LogP contribution < -0.4 is 20.1 Å². The van der Waals surface area contributed by atoms with Crippen molar-refractivity contribution in [2.24, 2.45) is 4.99 Å². The summed E-state index contributed by atoms with van der Waals surface area (Å²) in [7, 11) is 3.36. The fourth-order valence-corrected chi connectivity index (χ4v) is 2.84. The molecule has 2 heterocycles. The summed E-state index contributed by atoms with van der Waals surface area (Å²) in [5.74, 6) is 4.05. The van der Waals surface area contributed by atoms with E-state index in [1.165, 1.54) is 0 Å². The standard InChI is InChI=1S/C17H24N6O2/c1-4-25-14-10-12(7-8-13(14)24-3)20-17(18-2)19-11-16-22-21-15-6-5-9-23(15)16/h7-8,10H,4-6,9,11H2,1-3H3,(H2,18,19,20). The molecule has 0 radical (unpaired) electrons. The number of nitrogens with zero attached hydrogens (tertiary/aromatic N) is 4. The van der Waals surface area contributed by atoms with Crippen molar-refractivity contribution < 1.29 is 9.47 Å². The summed E-state index contributed by atoms with van der Waals surface area (Å²) in [6.45, 7) is 4.07. The first-order valence-corrected chi connectivity index (χ1v) is 8.44. The number of aliphatic imine (C=N–C) groups is 1. The zero-order chi connectivity index (χ0) is 17.6. The van der Waals surface area contributed by atoms with E-state index in [4.69, 9.17) is 9.47 Å². The fourth-order valence-electron chi connectivity index (χ4n) is 2.84. The number of hydrogen-bond donors (Lipinski definition) is 2. The summed E-state index contributed by atoms with van der Waals surface area (Å²) < 4.78 is 13.1. The van der Waals surface area contributed by atoms with Crippen LogP contribution in [-0.2, 0) is 19.5 Å². The second-order valence-corrected chi connectivity index (χ2v) is 5.64. The number of aryl methyl sites for hydroxylation is 1. The maximum absolute atomic E-state index is 5.61. The Bertz CT molecular complexity index is 756. The zero-order valence-electron chi connectivity index (χ0n) is 14.9. The van der Waals surface area contributed by atoms with Gasteiger partial charge >= 0.3 is 0 Å². The average molecular weight is 344 g/mol. The highest BCUT2D eigenvalue weighted by molar-refractivity contribution is 5.93. The quantitative estimate of drug-likeness (QED) is 0.614. The third-order valence-electron chi connectivity index (χ3n) is 4.05. The number of nitrogens with one attached hydrogen (secondary N) is 2. The molecule has 1 aromatic heterocycles. The molecule has 0 bridgehead atoms. The van der Waals surface area contributed by atoms with Crippen molar-refractivity contribution in [3.63, 3.8) is 0 Å². The third kappa shape index (κ3) is 3.84. The van der Waals surface area contributed by atoms with E-state index in [0.29, 0.717) is 30.6 Å². The molecule has 1 aliphatic rings. The van der Waals surface area contributed by atoms with Crippen LogP contribution in [0.2, 0.25) is 0 Å². The number of fused-ring (bicyclic) bond motifs is 1. The van der Waals surface area contributed by atoms with Crippen molar-refractivity contribution in [2.45, 2.75) is 32.9 Å². The van der Waals surface area contributed by atoms with Crippen LogP contribution in [0, 0.1) is 0 Å². The highest BCUT2D eigenvalue weighted by atomic mass is 16.5. The smallest absolute Gasteiger partial charge is 0.195 e. The second kappa shape index (κ2) is 7.87. The number of ether oxygens (including phenoxy) is 2. The number of rotatable bonds is 6. The molecule has 1 aromatic carbocycles. The Labute approximate surface area is 147 Å². The molecule has 2 aromatic rings. The predicted octanol–water partition coefficient (Wildman–Crippen LogP) is 1.82. The molecule has 0 atom stereocenters. The normalized spacial score (nSPS) is 13.5. The first-order chi connectivity index (χ1) is 12.2. The molecule has 1 aliphatic heterocycles. The zero-order valence-corrected chi connectivity index (χ0v) is 14.9. The van der Waals surface area contributed by atoms with E-state index >= 15 is 0 Å². The Morgan fingerprint density at radius 3 is 2.96 bits per heavy atom. The maximum Gasteiger partial charge on any atom is 0.195 e. The number of hydrogen-bond acceptors (Lipinski definition) is 5. The van der Waals surface area contributed by atoms with E-state index in [1.54, 1.807) is 14.2 Å². The molecule has 25 heavy (non-hydrogen) atoms. The van der Waals surface area contributed by atoms with Crippen molar-refractivity contribution in [1.82, 2.24) is 20.1 Å². The molecule has 134 valence electrons. The van der Waals surface area contributed by atoms with Crippen molar-refractivity contribution in [2.75, 3.05) is 26.1 Å². The van der Waals surface area contributed by atoms with Crippen LogP contribution in [0.5, 0.6) is 11.5 Å². The van der Waals surface area contributed by atoms with Crippen LogP contribution in [0.25, 0.3) is 0 Å². The average Bonchev–Trinajstić information content (AvgIpc) is 3.23. The second-order valence-electron chi connectivity index (χ2n) is 5.64. The van der Waals surface area contributed by atoms with Gasteiger partial charge in [-0.3, -0.25) is 4.99 Å². The van der Waals surface area contributed by atoms with Gasteiger partial charge in [0.05, 0.1) is 20.3 Å². The van der Waals surface area contributed by atoms with Crippen molar-refractivity contribution >= 4 is 11.6 Å². The number of methoxy groups -OCH3 is 1. The summed E-state index contributed by atoms with van der Waals surface area (Å²) >= 11 is 0. The molecule has 0 saturated heterocycles. The summed E-state index contributed by atoms with van der Waals surface area (Å²) in [6, 6.07) is 5.68. The molecule has 0 spiro atoms. The van der Waals surface area contributed by atoms with Gasteiger partial charge in [0, 0.05) is 31.8 Å². The Morgan fingerprint density at radius 1 is 1.32 bits per heavy atom. The van der Waals surface area contributed by atoms with Gasteiger partial charge in [-0.2, -0.15) is 0 Å². The lowest BCUT2D eigenvalue weighted by Crippen LogP contribution is -2.31. The van der Waals surface area contributed by atoms with Gasteiger partial charge in [-0.25, -0.2) is 0 Å². The minimum absolute atomic E-state index is 0.571. The minimum atomic E-state index is 0.571. The highest BCUT2D eigenvalue weighted by Gasteiger charge is 2.17. The van der Waals surface area contributed by atoms with Gasteiger partial charge in [0.1, 0.15) is 5.82 Å². The number of anilines is 1. The van der Waals surface area contributed by atoms with Crippen LogP contribution in [-0.4, -0.2) is 41.5 Å². The molecule has 0 amide bonds. The Kier molecular flexibility index (Phi) is 5.37. The molecule has 0 unspecified atom stereocenters. The van der Waals surface area contributed by atoms with E-state index in [9.17, 15) is 0 Å². The third-order valence-corrected chi connectivity index (χ3v) is 4.05. The summed E-state index contributed by atoms with van der Waals surface area (Å²) in [4.78, 5) is 4.26. The lowest BCUT2D eigenvalue weighted by Gasteiger charge is -2.14. The Morgan fingerprint density at radius 2 is 2.20 bits per heavy atom. The summed E-state index contributed by atoms with van der Waals surface area (Å²) in [5, 5.41) is 15.0. The first kappa shape index (κ1) is 17.1. The monoisotopic (exact) mass is 344 g/mol. The van der Waals surface area contributed by atoms with E-state index in [1.807, 2.05) is 25.1 Å². The molecule has 0 fully saturated rings. The summed E-state index contributed by atoms with van der Waals surface area (Å²) in [5.41, 5.74) is 0.865. The predicted molar refractivity (Wildman–Crippen MR) is 96.3 cm³/mol. The lowest BCUT2D eigenvalue weighted by atomic mass is 10.2. The van der Waals surface area contributed by atoms with E-state index in [2.05, 4.69) is 30.4 Å². The largest absolute Gasteiger partial charge is 0.493 e. The SMILES string of the molecule is CCOc1cc(NC(=NC)NCc2nnc3n2CCC3)ccc1OC. The van der Waals surface area contributed by atoms with Crippen LogP contribution in [0.1, 0.15) is 25.0 Å². The fraction of sp³-hybridized carbons (Fsp3) is 0.471. The van der Waals surface area contributed by atoms with Gasteiger partial charge in [-0.15, -0.1) is 10.2 Å². The van der Waals surface area contributed by atoms with Crippen LogP contribution in [0.3, 0.4) is 0 Å². The summed E-state index contributed by atoms with van der Waals surface area (Å²) in [6.07, 6.45) is 2.14. The molecule has 0 aliphatic carbocycles. The van der Waals surface area contributed by atoms with E-state index in [-0.39, 0.29) is 0 Å². The van der Waals surface area contributed by atoms with E-state index in [0.717, 1.165) is 36.7 Å². The van der Waals surface area contributed by atoms with Crippen LogP contribution >= 0.6 is 0 Å². The van der Waals surface area contributed by atoms with Gasteiger partial charge in [0.15, 0.2) is 23.3 Å². The number of benzene rings is 1. The van der Waals surface area contributed by atoms with E-state index < -0.39 is 0 Å². The highest BCUT2D eigenvalue weighted by Crippen LogP contribution is 2.30. The first-order valence-electron chi connectivity index (χ1n) is 8.44. The number of aromatic nitrogens is 3. The van der Waals surface area contributed by atoms with Crippen molar-refractivity contribution in [1.29, 1.82) is 0 Å². The van der Waals surface area contributed by atoms with Gasteiger partial charge in [-0.1, -0.05) is 0 Å². The molecule has 0 saturated carbocycles.